The van der Waals surface area contributed by atoms with Gasteiger partial charge in [-0.25, -0.2) is 0 Å². The van der Waals surface area contributed by atoms with Crippen LogP contribution < -0.4 is 5.32 Å². The molecule has 1 aliphatic rings. The number of carbonyl (C=O) groups is 1. The lowest BCUT2D eigenvalue weighted by Gasteiger charge is -2.06. The summed E-state index contributed by atoms with van der Waals surface area (Å²) in [6.45, 7) is 5.30. The minimum atomic E-state index is 0.281. The number of anilines is 1. The molecule has 0 saturated carbocycles. The quantitative estimate of drug-likeness (QED) is 0.784. The summed E-state index contributed by atoms with van der Waals surface area (Å²) in [7, 11) is 0. The maximum Gasteiger partial charge on any atom is 0.162 e. The molecule has 0 fully saturated rings. The zero-order valence-corrected chi connectivity index (χ0v) is 10.0. The Balaban J connectivity index is 2.06. The van der Waals surface area contributed by atoms with Gasteiger partial charge in [0.2, 0.25) is 0 Å². The van der Waals surface area contributed by atoms with E-state index in [0.717, 1.165) is 24.9 Å². The minimum Gasteiger partial charge on any atom is -0.384 e. The maximum absolute atomic E-state index is 11.9. The molecule has 1 aromatic rings. The maximum atomic E-state index is 11.9. The predicted octanol–water partition coefficient (Wildman–Crippen LogP) is 3.27. The SMILES string of the molecule is CC(C)CCC(=O)c1ccc2c(c1)CCN2. The fraction of sp³-hybridized carbons (Fsp3) is 0.500. The Kier molecular flexibility index (Phi) is 3.28. The Bertz CT molecular complexity index is 396. The van der Waals surface area contributed by atoms with E-state index in [0.29, 0.717) is 12.3 Å². The molecular weight excluding hydrogens is 198 g/mol. The highest BCUT2D eigenvalue weighted by Gasteiger charge is 2.13. The monoisotopic (exact) mass is 217 g/mol. The molecule has 0 amide bonds. The molecule has 1 aromatic carbocycles. The van der Waals surface area contributed by atoms with Crippen LogP contribution in [0.2, 0.25) is 0 Å². The summed E-state index contributed by atoms with van der Waals surface area (Å²) in [6, 6.07) is 6.03. The van der Waals surface area contributed by atoms with Crippen molar-refractivity contribution in [1.29, 1.82) is 0 Å². The summed E-state index contributed by atoms with van der Waals surface area (Å²) in [4.78, 5) is 11.9. The molecule has 0 spiro atoms. The van der Waals surface area contributed by atoms with Gasteiger partial charge in [-0.2, -0.15) is 0 Å². The largest absolute Gasteiger partial charge is 0.384 e. The lowest BCUT2D eigenvalue weighted by atomic mass is 9.99. The minimum absolute atomic E-state index is 0.281. The van der Waals surface area contributed by atoms with Crippen molar-refractivity contribution in [2.45, 2.75) is 33.1 Å². The van der Waals surface area contributed by atoms with Crippen molar-refractivity contribution in [2.24, 2.45) is 5.92 Å². The second-order valence-corrected chi connectivity index (χ2v) is 4.90. The molecule has 1 N–H and O–H groups in total. The molecule has 0 saturated heterocycles. The van der Waals surface area contributed by atoms with Crippen LogP contribution in [0.25, 0.3) is 0 Å². The summed E-state index contributed by atoms with van der Waals surface area (Å²) >= 11 is 0. The number of benzene rings is 1. The second-order valence-electron chi connectivity index (χ2n) is 4.90. The molecule has 1 heterocycles. The number of hydrogen-bond donors (Lipinski definition) is 1. The Morgan fingerprint density at radius 3 is 3.00 bits per heavy atom. The number of carbonyl (C=O) groups excluding carboxylic acids is 1. The van der Waals surface area contributed by atoms with Gasteiger partial charge < -0.3 is 5.32 Å². The van der Waals surface area contributed by atoms with E-state index in [4.69, 9.17) is 0 Å². The van der Waals surface area contributed by atoms with Crippen LogP contribution in [0, 0.1) is 5.92 Å². The van der Waals surface area contributed by atoms with Crippen molar-refractivity contribution in [3.8, 4) is 0 Å². The summed E-state index contributed by atoms with van der Waals surface area (Å²) < 4.78 is 0. The van der Waals surface area contributed by atoms with E-state index in [1.54, 1.807) is 0 Å². The Morgan fingerprint density at radius 2 is 2.25 bits per heavy atom. The van der Waals surface area contributed by atoms with Crippen molar-refractivity contribution in [3.05, 3.63) is 29.3 Å². The third-order valence-electron chi connectivity index (χ3n) is 3.09. The lowest BCUT2D eigenvalue weighted by Crippen LogP contribution is -2.01. The molecule has 0 aromatic heterocycles. The number of nitrogens with one attached hydrogen (secondary N) is 1. The third kappa shape index (κ3) is 2.43. The summed E-state index contributed by atoms with van der Waals surface area (Å²) in [5.41, 5.74) is 3.36. The van der Waals surface area contributed by atoms with Gasteiger partial charge in [-0.05, 0) is 42.5 Å². The molecular formula is C14H19NO. The van der Waals surface area contributed by atoms with E-state index in [1.165, 1.54) is 11.3 Å². The molecule has 0 unspecified atom stereocenters. The number of fused-ring (bicyclic) bond motifs is 1. The van der Waals surface area contributed by atoms with Gasteiger partial charge in [-0.1, -0.05) is 13.8 Å². The van der Waals surface area contributed by atoms with Crippen molar-refractivity contribution in [3.63, 3.8) is 0 Å². The van der Waals surface area contributed by atoms with Crippen LogP contribution in [-0.2, 0) is 6.42 Å². The van der Waals surface area contributed by atoms with Crippen molar-refractivity contribution in [2.75, 3.05) is 11.9 Å². The number of hydrogen-bond acceptors (Lipinski definition) is 2. The molecule has 2 heteroatoms. The van der Waals surface area contributed by atoms with Crippen molar-refractivity contribution >= 4 is 11.5 Å². The van der Waals surface area contributed by atoms with E-state index < -0.39 is 0 Å². The molecule has 0 aliphatic carbocycles. The van der Waals surface area contributed by atoms with Crippen LogP contribution in [0.3, 0.4) is 0 Å². The first kappa shape index (κ1) is 11.2. The van der Waals surface area contributed by atoms with Crippen LogP contribution >= 0.6 is 0 Å². The molecule has 0 radical (unpaired) electrons. The van der Waals surface area contributed by atoms with E-state index in [-0.39, 0.29) is 5.78 Å². The molecule has 0 bridgehead atoms. The van der Waals surface area contributed by atoms with Crippen LogP contribution in [0.1, 0.15) is 42.6 Å². The first-order valence-electron chi connectivity index (χ1n) is 6.07. The van der Waals surface area contributed by atoms with E-state index in [9.17, 15) is 4.79 Å². The Hall–Kier alpha value is -1.31. The molecule has 16 heavy (non-hydrogen) atoms. The summed E-state index contributed by atoms with van der Waals surface area (Å²) in [5, 5.41) is 3.31. The smallest absolute Gasteiger partial charge is 0.162 e. The number of rotatable bonds is 4. The fourth-order valence-electron chi connectivity index (χ4n) is 2.04. The molecule has 86 valence electrons. The van der Waals surface area contributed by atoms with Crippen LogP contribution in [0.15, 0.2) is 18.2 Å². The van der Waals surface area contributed by atoms with Gasteiger partial charge in [0, 0.05) is 24.2 Å². The standard InChI is InChI=1S/C14H19NO/c1-10(2)3-6-14(16)12-4-5-13-11(9-12)7-8-15-13/h4-5,9-10,15H,3,6-8H2,1-2H3. The zero-order valence-electron chi connectivity index (χ0n) is 10.0. The first-order chi connectivity index (χ1) is 7.66. The van der Waals surface area contributed by atoms with Gasteiger partial charge in [-0.15, -0.1) is 0 Å². The zero-order chi connectivity index (χ0) is 11.5. The van der Waals surface area contributed by atoms with E-state index >= 15 is 0 Å². The van der Waals surface area contributed by atoms with Gasteiger partial charge in [0.25, 0.3) is 0 Å². The normalized spacial score (nSPS) is 13.7. The van der Waals surface area contributed by atoms with Crippen molar-refractivity contribution < 1.29 is 4.79 Å². The highest BCUT2D eigenvalue weighted by Crippen LogP contribution is 2.24. The van der Waals surface area contributed by atoms with E-state index in [1.807, 2.05) is 12.1 Å². The molecule has 2 rings (SSSR count). The molecule has 1 aliphatic heterocycles. The summed E-state index contributed by atoms with van der Waals surface area (Å²) in [5.74, 6) is 0.878. The number of ketones is 1. The van der Waals surface area contributed by atoms with Crippen molar-refractivity contribution in [1.82, 2.24) is 0 Å². The Morgan fingerprint density at radius 1 is 1.44 bits per heavy atom. The summed E-state index contributed by atoms with van der Waals surface area (Å²) in [6.07, 6.45) is 2.69. The Labute approximate surface area is 97.1 Å². The molecule has 2 nitrogen and oxygen atoms in total. The van der Waals surface area contributed by atoms with Gasteiger partial charge >= 0.3 is 0 Å². The van der Waals surface area contributed by atoms with Gasteiger partial charge in [0.05, 0.1) is 0 Å². The fourth-order valence-corrected chi connectivity index (χ4v) is 2.04. The highest BCUT2D eigenvalue weighted by molar-refractivity contribution is 5.96. The number of Topliss-reactive ketones (excluding diaryl/α,β-unsaturated/α-hetero) is 1. The third-order valence-corrected chi connectivity index (χ3v) is 3.09. The van der Waals surface area contributed by atoms with Gasteiger partial charge in [0.15, 0.2) is 5.78 Å². The highest BCUT2D eigenvalue weighted by atomic mass is 16.1. The lowest BCUT2D eigenvalue weighted by molar-refractivity contribution is 0.0975. The van der Waals surface area contributed by atoms with Crippen LogP contribution in [0.5, 0.6) is 0 Å². The second kappa shape index (κ2) is 4.69. The average molecular weight is 217 g/mol. The van der Waals surface area contributed by atoms with Gasteiger partial charge in [0.1, 0.15) is 0 Å². The van der Waals surface area contributed by atoms with Crippen LogP contribution in [-0.4, -0.2) is 12.3 Å². The molecule has 0 atom stereocenters. The predicted molar refractivity (Wildman–Crippen MR) is 67.0 cm³/mol. The average Bonchev–Trinajstić information content (AvgIpc) is 2.72. The first-order valence-corrected chi connectivity index (χ1v) is 6.07. The van der Waals surface area contributed by atoms with Crippen LogP contribution in [0.4, 0.5) is 5.69 Å². The topological polar surface area (TPSA) is 29.1 Å². The van der Waals surface area contributed by atoms with E-state index in [2.05, 4.69) is 25.2 Å². The van der Waals surface area contributed by atoms with Gasteiger partial charge in [-0.3, -0.25) is 4.79 Å².